The van der Waals surface area contributed by atoms with Crippen molar-refractivity contribution >= 4 is 23.1 Å². The summed E-state index contributed by atoms with van der Waals surface area (Å²) in [5, 5.41) is 11.0. The molecule has 1 saturated heterocycles. The van der Waals surface area contributed by atoms with E-state index in [2.05, 4.69) is 0 Å². The minimum Gasteiger partial charge on any atom is -0.507 e. The number of benzene rings is 3. The van der Waals surface area contributed by atoms with Crippen molar-refractivity contribution in [1.29, 1.82) is 0 Å². The van der Waals surface area contributed by atoms with Crippen molar-refractivity contribution in [3.8, 4) is 0 Å². The van der Waals surface area contributed by atoms with Gasteiger partial charge in [0.1, 0.15) is 11.6 Å². The lowest BCUT2D eigenvalue weighted by Crippen LogP contribution is -2.29. The van der Waals surface area contributed by atoms with Crippen LogP contribution in [0.25, 0.3) is 5.76 Å². The highest BCUT2D eigenvalue weighted by Crippen LogP contribution is 2.42. The van der Waals surface area contributed by atoms with Crippen molar-refractivity contribution in [2.75, 3.05) is 4.90 Å². The molecule has 3 aromatic carbocycles. The highest BCUT2D eigenvalue weighted by atomic mass is 19.1. The lowest BCUT2D eigenvalue weighted by Gasteiger charge is -2.25. The number of aliphatic hydroxyl groups excluding tert-OH is 1. The fourth-order valence-electron chi connectivity index (χ4n) is 3.52. The van der Waals surface area contributed by atoms with Crippen LogP contribution in [0.2, 0.25) is 0 Å². The van der Waals surface area contributed by atoms with Crippen molar-refractivity contribution in [3.63, 3.8) is 0 Å². The van der Waals surface area contributed by atoms with E-state index in [1.807, 2.05) is 25.1 Å². The molecular formula is C24H18FNO3. The fraction of sp³-hybridized carbons (Fsp3) is 0.0833. The Balaban J connectivity index is 1.93. The Morgan fingerprint density at radius 3 is 2.14 bits per heavy atom. The number of aliphatic hydroxyl groups is 1. The number of hydrogen-bond acceptors (Lipinski definition) is 3. The molecule has 0 bridgehead atoms. The minimum atomic E-state index is -0.817. The van der Waals surface area contributed by atoms with E-state index >= 15 is 0 Å². The van der Waals surface area contributed by atoms with Crippen LogP contribution in [0.3, 0.4) is 0 Å². The van der Waals surface area contributed by atoms with Gasteiger partial charge in [-0.2, -0.15) is 0 Å². The Morgan fingerprint density at radius 1 is 0.897 bits per heavy atom. The lowest BCUT2D eigenvalue weighted by molar-refractivity contribution is -0.132. The minimum absolute atomic E-state index is 0.00868. The van der Waals surface area contributed by atoms with Gasteiger partial charge in [-0.25, -0.2) is 4.39 Å². The molecule has 0 aliphatic carbocycles. The number of aryl methyl sites for hydroxylation is 1. The van der Waals surface area contributed by atoms with E-state index in [0.29, 0.717) is 16.8 Å². The SMILES string of the molecule is Cc1ccc(/C(O)=C2\C(=O)C(=O)N(c3ccc(F)cc3)C2c2ccccc2)cc1. The summed E-state index contributed by atoms with van der Waals surface area (Å²) in [7, 11) is 0. The Hall–Kier alpha value is -3.73. The monoisotopic (exact) mass is 387 g/mol. The highest BCUT2D eigenvalue weighted by molar-refractivity contribution is 6.51. The molecular weight excluding hydrogens is 369 g/mol. The number of carbonyl (C=O) groups is 2. The van der Waals surface area contributed by atoms with Crippen molar-refractivity contribution < 1.29 is 19.1 Å². The molecule has 1 unspecified atom stereocenters. The molecule has 1 fully saturated rings. The third kappa shape index (κ3) is 3.31. The van der Waals surface area contributed by atoms with E-state index in [1.165, 1.54) is 29.2 Å². The molecule has 4 nitrogen and oxygen atoms in total. The van der Waals surface area contributed by atoms with E-state index in [9.17, 15) is 19.1 Å². The number of nitrogens with zero attached hydrogens (tertiary/aromatic N) is 1. The van der Waals surface area contributed by atoms with Crippen LogP contribution >= 0.6 is 0 Å². The maximum absolute atomic E-state index is 13.4. The van der Waals surface area contributed by atoms with Crippen LogP contribution in [0.4, 0.5) is 10.1 Å². The van der Waals surface area contributed by atoms with Gasteiger partial charge in [0.2, 0.25) is 0 Å². The van der Waals surface area contributed by atoms with Gasteiger partial charge >= 0.3 is 0 Å². The van der Waals surface area contributed by atoms with Gasteiger partial charge in [-0.15, -0.1) is 0 Å². The first-order valence-corrected chi connectivity index (χ1v) is 9.16. The standard InChI is InChI=1S/C24H18FNO3/c1-15-7-9-17(10-8-15)22(27)20-21(16-5-3-2-4-6-16)26(24(29)23(20)28)19-13-11-18(25)12-14-19/h2-14,21,27H,1H3/b22-20+. The number of Topliss-reactive ketones (excluding diaryl/α,β-unsaturated/α-hetero) is 1. The van der Waals surface area contributed by atoms with Gasteiger partial charge in [-0.3, -0.25) is 14.5 Å². The second kappa shape index (κ2) is 7.36. The summed E-state index contributed by atoms with van der Waals surface area (Å²) in [4.78, 5) is 27.2. The molecule has 0 saturated carbocycles. The summed E-state index contributed by atoms with van der Waals surface area (Å²) < 4.78 is 13.4. The zero-order valence-corrected chi connectivity index (χ0v) is 15.7. The van der Waals surface area contributed by atoms with E-state index in [-0.39, 0.29) is 11.3 Å². The van der Waals surface area contributed by atoms with Crippen LogP contribution in [0, 0.1) is 12.7 Å². The number of hydrogen-bond donors (Lipinski definition) is 1. The van der Waals surface area contributed by atoms with Crippen molar-refractivity contribution in [2.24, 2.45) is 0 Å². The first-order chi connectivity index (χ1) is 14.0. The smallest absolute Gasteiger partial charge is 0.300 e. The molecule has 1 amide bonds. The highest BCUT2D eigenvalue weighted by Gasteiger charge is 2.46. The maximum atomic E-state index is 13.4. The molecule has 1 N–H and O–H groups in total. The molecule has 1 atom stereocenters. The van der Waals surface area contributed by atoms with E-state index in [0.717, 1.165) is 5.56 Å². The van der Waals surface area contributed by atoms with Crippen LogP contribution in [0.15, 0.2) is 84.4 Å². The lowest BCUT2D eigenvalue weighted by atomic mass is 9.95. The average molecular weight is 387 g/mol. The van der Waals surface area contributed by atoms with Crippen LogP contribution < -0.4 is 4.90 Å². The zero-order valence-electron chi connectivity index (χ0n) is 15.7. The number of halogens is 1. The molecule has 0 radical (unpaired) electrons. The molecule has 3 aromatic rings. The third-order valence-corrected chi connectivity index (χ3v) is 4.99. The fourth-order valence-corrected chi connectivity index (χ4v) is 3.52. The quantitative estimate of drug-likeness (QED) is 0.400. The predicted molar refractivity (Wildman–Crippen MR) is 109 cm³/mol. The summed E-state index contributed by atoms with van der Waals surface area (Å²) in [5.41, 5.74) is 2.52. The van der Waals surface area contributed by atoms with Gasteiger partial charge in [-0.05, 0) is 36.8 Å². The van der Waals surface area contributed by atoms with Crippen molar-refractivity contribution in [1.82, 2.24) is 0 Å². The number of rotatable bonds is 3. The topological polar surface area (TPSA) is 57.6 Å². The molecule has 144 valence electrons. The first-order valence-electron chi connectivity index (χ1n) is 9.16. The van der Waals surface area contributed by atoms with Gasteiger partial charge in [-0.1, -0.05) is 60.2 Å². The van der Waals surface area contributed by atoms with Gasteiger partial charge in [0.15, 0.2) is 0 Å². The van der Waals surface area contributed by atoms with Crippen LogP contribution in [0.5, 0.6) is 0 Å². The van der Waals surface area contributed by atoms with Gasteiger partial charge in [0.05, 0.1) is 11.6 Å². The zero-order chi connectivity index (χ0) is 20.5. The second-order valence-corrected chi connectivity index (χ2v) is 6.92. The predicted octanol–water partition coefficient (Wildman–Crippen LogP) is 4.76. The Kier molecular flexibility index (Phi) is 4.72. The molecule has 0 spiro atoms. The van der Waals surface area contributed by atoms with Gasteiger partial charge in [0, 0.05) is 11.3 Å². The van der Waals surface area contributed by atoms with Crippen molar-refractivity contribution in [3.05, 3.63) is 107 Å². The average Bonchev–Trinajstić information content (AvgIpc) is 3.00. The number of anilines is 1. The molecule has 4 rings (SSSR count). The summed E-state index contributed by atoms with van der Waals surface area (Å²) >= 11 is 0. The summed E-state index contributed by atoms with van der Waals surface area (Å²) in [5.74, 6) is -2.22. The van der Waals surface area contributed by atoms with Crippen LogP contribution in [-0.2, 0) is 9.59 Å². The van der Waals surface area contributed by atoms with E-state index < -0.39 is 23.5 Å². The Bertz CT molecular complexity index is 1100. The normalized spacial score (nSPS) is 18.3. The van der Waals surface area contributed by atoms with Crippen molar-refractivity contribution in [2.45, 2.75) is 13.0 Å². The number of carbonyl (C=O) groups excluding carboxylic acids is 2. The molecule has 1 aliphatic rings. The molecule has 1 heterocycles. The van der Waals surface area contributed by atoms with Crippen LogP contribution in [-0.4, -0.2) is 16.8 Å². The molecule has 1 aliphatic heterocycles. The number of ketones is 1. The maximum Gasteiger partial charge on any atom is 0.300 e. The summed E-state index contributed by atoms with van der Waals surface area (Å²) in [6.45, 7) is 1.92. The van der Waals surface area contributed by atoms with Crippen LogP contribution in [0.1, 0.15) is 22.7 Å². The summed E-state index contributed by atoms with van der Waals surface area (Å²) in [6.07, 6.45) is 0. The molecule has 29 heavy (non-hydrogen) atoms. The first kappa shape index (κ1) is 18.6. The molecule has 5 heteroatoms. The Labute approximate surface area is 167 Å². The van der Waals surface area contributed by atoms with Gasteiger partial charge in [0.25, 0.3) is 11.7 Å². The summed E-state index contributed by atoms with van der Waals surface area (Å²) in [6, 6.07) is 20.6. The van der Waals surface area contributed by atoms with Gasteiger partial charge < -0.3 is 5.11 Å². The third-order valence-electron chi connectivity index (χ3n) is 4.99. The van der Waals surface area contributed by atoms with E-state index in [1.54, 1.807) is 36.4 Å². The molecule has 0 aromatic heterocycles. The largest absolute Gasteiger partial charge is 0.507 e. The Morgan fingerprint density at radius 2 is 1.52 bits per heavy atom. The van der Waals surface area contributed by atoms with E-state index in [4.69, 9.17) is 0 Å². The number of amides is 1. The second-order valence-electron chi connectivity index (χ2n) is 6.92.